The van der Waals surface area contributed by atoms with E-state index in [4.69, 9.17) is 4.74 Å². The van der Waals surface area contributed by atoms with Gasteiger partial charge in [0.05, 0.1) is 0 Å². The second-order valence-electron chi connectivity index (χ2n) is 6.44. The van der Waals surface area contributed by atoms with Crippen molar-refractivity contribution in [2.24, 2.45) is 0 Å². The molecule has 0 radical (unpaired) electrons. The van der Waals surface area contributed by atoms with E-state index in [0.29, 0.717) is 6.54 Å². The van der Waals surface area contributed by atoms with Gasteiger partial charge in [-0.1, -0.05) is 0 Å². The Labute approximate surface area is 160 Å². The Morgan fingerprint density at radius 1 is 1.08 bits per heavy atom. The molecule has 2 aromatic carbocycles. The molecule has 6 heteroatoms. The van der Waals surface area contributed by atoms with Crippen molar-refractivity contribution in [2.75, 3.05) is 51.3 Å². The Bertz CT molecular complexity index is 703. The minimum Gasteiger partial charge on any atom is -0.457 e. The quantitative estimate of drug-likeness (QED) is 0.724. The summed E-state index contributed by atoms with van der Waals surface area (Å²) in [6, 6.07) is 14.0. The molecule has 1 fully saturated rings. The number of benzene rings is 2. The van der Waals surface area contributed by atoms with Gasteiger partial charge in [-0.25, -0.2) is 4.39 Å². The Morgan fingerprint density at radius 3 is 2.46 bits per heavy atom. The van der Waals surface area contributed by atoms with Gasteiger partial charge in [-0.15, -0.1) is 12.6 Å². The zero-order chi connectivity index (χ0) is 18.4. The van der Waals surface area contributed by atoms with E-state index in [9.17, 15) is 4.39 Å². The molecule has 1 saturated heterocycles. The van der Waals surface area contributed by atoms with Crippen LogP contribution < -0.4 is 15.0 Å². The first-order valence-electron chi connectivity index (χ1n) is 8.97. The minimum absolute atomic E-state index is 0.271. The van der Waals surface area contributed by atoms with Crippen molar-refractivity contribution in [3.63, 3.8) is 0 Å². The number of anilines is 1. The summed E-state index contributed by atoms with van der Waals surface area (Å²) in [7, 11) is 1.93. The normalized spacial score (nSPS) is 15.3. The number of rotatable bonds is 7. The van der Waals surface area contributed by atoms with Crippen molar-refractivity contribution in [1.82, 2.24) is 10.2 Å². The van der Waals surface area contributed by atoms with Gasteiger partial charge in [0, 0.05) is 55.4 Å². The van der Waals surface area contributed by atoms with E-state index in [-0.39, 0.29) is 6.67 Å². The van der Waals surface area contributed by atoms with Crippen LogP contribution in [-0.2, 0) is 6.54 Å². The van der Waals surface area contributed by atoms with Crippen LogP contribution >= 0.6 is 12.6 Å². The molecule has 1 heterocycles. The van der Waals surface area contributed by atoms with Crippen molar-refractivity contribution >= 4 is 18.3 Å². The molecule has 2 aromatic rings. The molecule has 4 nitrogen and oxygen atoms in total. The van der Waals surface area contributed by atoms with Crippen LogP contribution in [0.5, 0.6) is 11.5 Å². The van der Waals surface area contributed by atoms with Crippen LogP contribution in [0.25, 0.3) is 0 Å². The minimum atomic E-state index is -0.271. The highest BCUT2D eigenvalue weighted by molar-refractivity contribution is 7.80. The van der Waals surface area contributed by atoms with E-state index in [0.717, 1.165) is 54.7 Å². The van der Waals surface area contributed by atoms with Gasteiger partial charge in [0.25, 0.3) is 0 Å². The van der Waals surface area contributed by atoms with Crippen molar-refractivity contribution in [1.29, 1.82) is 0 Å². The molecule has 0 bridgehead atoms. The first kappa shape index (κ1) is 19.0. The maximum atomic E-state index is 12.5. The maximum Gasteiger partial charge on any atom is 0.132 e. The van der Waals surface area contributed by atoms with E-state index < -0.39 is 0 Å². The molecule has 0 unspecified atom stereocenters. The number of nitrogens with one attached hydrogen (secondary N) is 1. The molecule has 0 saturated carbocycles. The number of alkyl halides is 1. The van der Waals surface area contributed by atoms with Crippen LogP contribution in [0.1, 0.15) is 5.56 Å². The Kier molecular flexibility index (Phi) is 6.77. The van der Waals surface area contributed by atoms with Gasteiger partial charge >= 0.3 is 0 Å². The molecule has 1 N–H and O–H groups in total. The molecule has 3 rings (SSSR count). The van der Waals surface area contributed by atoms with Gasteiger partial charge in [-0.3, -0.25) is 4.90 Å². The zero-order valence-corrected chi connectivity index (χ0v) is 16.0. The Hall–Kier alpha value is -1.76. The highest BCUT2D eigenvalue weighted by Gasteiger charge is 2.18. The van der Waals surface area contributed by atoms with Crippen LogP contribution in [0.4, 0.5) is 10.1 Å². The molecule has 140 valence electrons. The third-order valence-corrected chi connectivity index (χ3v) is 4.91. The van der Waals surface area contributed by atoms with Gasteiger partial charge in [0.2, 0.25) is 0 Å². The second kappa shape index (κ2) is 9.26. The summed E-state index contributed by atoms with van der Waals surface area (Å²) < 4.78 is 18.6. The highest BCUT2D eigenvalue weighted by Crippen LogP contribution is 2.30. The molecule has 0 amide bonds. The fourth-order valence-electron chi connectivity index (χ4n) is 3.18. The number of thiol groups is 1. The smallest absolute Gasteiger partial charge is 0.132 e. The lowest BCUT2D eigenvalue weighted by Gasteiger charge is -2.36. The van der Waals surface area contributed by atoms with Crippen molar-refractivity contribution < 1.29 is 9.13 Å². The van der Waals surface area contributed by atoms with Gasteiger partial charge in [0.1, 0.15) is 18.2 Å². The van der Waals surface area contributed by atoms with Crippen molar-refractivity contribution in [3.8, 4) is 11.5 Å². The largest absolute Gasteiger partial charge is 0.457 e. The number of ether oxygens (including phenoxy) is 1. The molecule has 0 aliphatic carbocycles. The molecule has 1 aliphatic rings. The van der Waals surface area contributed by atoms with Crippen LogP contribution in [0.3, 0.4) is 0 Å². The van der Waals surface area contributed by atoms with E-state index in [1.165, 1.54) is 5.69 Å². The van der Waals surface area contributed by atoms with Gasteiger partial charge < -0.3 is 15.0 Å². The fourth-order valence-corrected chi connectivity index (χ4v) is 3.33. The molecular weight excluding hydrogens is 349 g/mol. The van der Waals surface area contributed by atoms with Gasteiger partial charge in [-0.2, -0.15) is 0 Å². The summed E-state index contributed by atoms with van der Waals surface area (Å²) in [6.07, 6.45) is 0. The topological polar surface area (TPSA) is 27.7 Å². The summed E-state index contributed by atoms with van der Waals surface area (Å²) in [6.45, 7) is 4.64. The first-order valence-corrected chi connectivity index (χ1v) is 9.42. The standard InChI is InChI=1S/C20H26FN3OS/c1-22-15-16-14-17(24-12-10-23(9-8-21)11-13-24)2-7-20(16)25-18-3-5-19(26)6-4-18/h2-7,14,22,26H,8-13,15H2,1H3. The molecule has 26 heavy (non-hydrogen) atoms. The maximum absolute atomic E-state index is 12.5. The average molecular weight is 376 g/mol. The van der Waals surface area contributed by atoms with Gasteiger partial charge in [0.15, 0.2) is 0 Å². The summed E-state index contributed by atoms with van der Waals surface area (Å²) in [5.74, 6) is 1.65. The van der Waals surface area contributed by atoms with Crippen molar-refractivity contribution in [3.05, 3.63) is 48.0 Å². The molecule has 0 spiro atoms. The predicted octanol–water partition coefficient (Wildman–Crippen LogP) is 3.58. The summed E-state index contributed by atoms with van der Waals surface area (Å²) in [5, 5.41) is 3.21. The van der Waals surface area contributed by atoms with Crippen LogP contribution in [0.15, 0.2) is 47.4 Å². The monoisotopic (exact) mass is 375 g/mol. The number of piperazine rings is 1. The molecule has 0 aromatic heterocycles. The first-order chi connectivity index (χ1) is 12.7. The molecule has 1 aliphatic heterocycles. The van der Waals surface area contributed by atoms with Crippen LogP contribution in [-0.4, -0.2) is 51.3 Å². The van der Waals surface area contributed by atoms with Gasteiger partial charge in [-0.05, 0) is 49.5 Å². The highest BCUT2D eigenvalue weighted by atomic mass is 32.1. The SMILES string of the molecule is CNCc1cc(N2CCN(CCF)CC2)ccc1Oc1ccc(S)cc1. The number of hydrogen-bond acceptors (Lipinski definition) is 5. The summed E-state index contributed by atoms with van der Waals surface area (Å²) in [4.78, 5) is 5.44. The average Bonchev–Trinajstić information content (AvgIpc) is 2.66. The van der Waals surface area contributed by atoms with Crippen molar-refractivity contribution in [2.45, 2.75) is 11.4 Å². The lowest BCUT2D eigenvalue weighted by molar-refractivity contribution is 0.235. The number of hydrogen-bond donors (Lipinski definition) is 2. The molecule has 0 atom stereocenters. The number of nitrogens with zero attached hydrogens (tertiary/aromatic N) is 2. The van der Waals surface area contributed by atoms with E-state index in [1.54, 1.807) is 0 Å². The summed E-state index contributed by atoms with van der Waals surface area (Å²) in [5.41, 5.74) is 2.30. The molecular formula is C20H26FN3OS. The van der Waals surface area contributed by atoms with E-state index in [1.807, 2.05) is 37.4 Å². The summed E-state index contributed by atoms with van der Waals surface area (Å²) >= 11 is 4.31. The third-order valence-electron chi connectivity index (χ3n) is 4.61. The van der Waals surface area contributed by atoms with E-state index >= 15 is 0 Å². The number of halogens is 1. The lowest BCUT2D eigenvalue weighted by Crippen LogP contribution is -2.47. The third kappa shape index (κ3) is 4.90. The predicted molar refractivity (Wildman–Crippen MR) is 108 cm³/mol. The zero-order valence-electron chi connectivity index (χ0n) is 15.1. The van der Waals surface area contributed by atoms with Crippen LogP contribution in [0.2, 0.25) is 0 Å². The fraction of sp³-hybridized carbons (Fsp3) is 0.400. The van der Waals surface area contributed by atoms with Crippen LogP contribution in [0, 0.1) is 0 Å². The Morgan fingerprint density at radius 2 is 1.81 bits per heavy atom. The Balaban J connectivity index is 1.73. The van der Waals surface area contributed by atoms with E-state index in [2.05, 4.69) is 39.9 Å². The lowest BCUT2D eigenvalue weighted by atomic mass is 10.1. The second-order valence-corrected chi connectivity index (χ2v) is 6.95.